The number of esters is 1. The lowest BCUT2D eigenvalue weighted by atomic mass is 10.3. The molecule has 2 heterocycles. The molecule has 0 radical (unpaired) electrons. The predicted octanol–water partition coefficient (Wildman–Crippen LogP) is 4.30. The second-order valence-electron chi connectivity index (χ2n) is 6.41. The molecule has 12 heteroatoms. The van der Waals surface area contributed by atoms with Crippen molar-refractivity contribution in [3.63, 3.8) is 0 Å². The van der Waals surface area contributed by atoms with Gasteiger partial charge in [0, 0.05) is 12.6 Å². The van der Waals surface area contributed by atoms with Crippen LogP contribution in [0.15, 0.2) is 34.8 Å². The molecule has 32 heavy (non-hydrogen) atoms. The molecule has 0 aliphatic rings. The van der Waals surface area contributed by atoms with Gasteiger partial charge in [-0.25, -0.2) is 13.6 Å². The van der Waals surface area contributed by atoms with Gasteiger partial charge < -0.3 is 19.4 Å². The van der Waals surface area contributed by atoms with Crippen LogP contribution in [-0.4, -0.2) is 39.5 Å². The van der Waals surface area contributed by atoms with Crippen LogP contribution in [0.4, 0.5) is 13.8 Å². The third kappa shape index (κ3) is 5.43. The van der Waals surface area contributed by atoms with E-state index in [4.69, 9.17) is 9.47 Å². The molecule has 0 saturated carbocycles. The number of amides is 1. The van der Waals surface area contributed by atoms with E-state index in [0.29, 0.717) is 22.5 Å². The minimum Gasteiger partial charge on any atom is -0.480 e. The summed E-state index contributed by atoms with van der Waals surface area (Å²) in [6.07, 6.45) is -0.667. The molecule has 1 unspecified atom stereocenters. The van der Waals surface area contributed by atoms with Gasteiger partial charge in [0.25, 0.3) is 0 Å². The van der Waals surface area contributed by atoms with Crippen molar-refractivity contribution in [2.45, 2.75) is 31.7 Å². The Morgan fingerprint density at radius 2 is 2.06 bits per heavy atom. The molecule has 8 nitrogen and oxygen atoms in total. The molecule has 0 aliphatic carbocycles. The average molecular weight is 483 g/mol. The number of methoxy groups -OCH3 is 1. The number of aromatic nitrogens is 3. The van der Waals surface area contributed by atoms with Gasteiger partial charge in [-0.05, 0) is 37.4 Å². The number of thiophene rings is 1. The van der Waals surface area contributed by atoms with E-state index in [1.165, 1.54) is 24.5 Å². The average Bonchev–Trinajstić information content (AvgIpc) is 3.40. The third-order valence-electron chi connectivity index (χ3n) is 4.28. The van der Waals surface area contributed by atoms with Crippen LogP contribution < -0.4 is 10.1 Å². The van der Waals surface area contributed by atoms with Crippen molar-refractivity contribution < 1.29 is 27.8 Å². The molecule has 1 amide bonds. The number of carbonyl (C=O) groups excluding carboxylic acids is 2. The summed E-state index contributed by atoms with van der Waals surface area (Å²) in [5.74, 6) is -2.01. The van der Waals surface area contributed by atoms with Crippen molar-refractivity contribution in [1.29, 1.82) is 0 Å². The van der Waals surface area contributed by atoms with Gasteiger partial charge in [0.1, 0.15) is 10.8 Å². The SMILES string of the molecule is CCn1c(SCC(=O)Nc2sccc2C(=O)OC)nnc1C(C)Oc1ccc(F)cc1F. The summed E-state index contributed by atoms with van der Waals surface area (Å²) in [6.45, 7) is 4.03. The number of hydrogen-bond acceptors (Lipinski definition) is 8. The Morgan fingerprint density at radius 1 is 1.28 bits per heavy atom. The van der Waals surface area contributed by atoms with Crippen LogP contribution in [0.5, 0.6) is 5.75 Å². The number of thioether (sulfide) groups is 1. The molecule has 170 valence electrons. The first-order valence-electron chi connectivity index (χ1n) is 9.47. The zero-order valence-corrected chi connectivity index (χ0v) is 19.1. The summed E-state index contributed by atoms with van der Waals surface area (Å²) in [5.41, 5.74) is 0.286. The zero-order chi connectivity index (χ0) is 23.3. The minimum absolute atomic E-state index is 0.0263. The maximum Gasteiger partial charge on any atom is 0.340 e. The Bertz CT molecular complexity index is 1120. The molecule has 3 rings (SSSR count). The van der Waals surface area contributed by atoms with Gasteiger partial charge in [0.05, 0.1) is 18.4 Å². The summed E-state index contributed by atoms with van der Waals surface area (Å²) in [7, 11) is 1.27. The molecule has 0 spiro atoms. The van der Waals surface area contributed by atoms with Crippen LogP contribution >= 0.6 is 23.1 Å². The lowest BCUT2D eigenvalue weighted by molar-refractivity contribution is -0.113. The fourth-order valence-corrected chi connectivity index (χ4v) is 4.39. The monoisotopic (exact) mass is 482 g/mol. The molecule has 0 bridgehead atoms. The fraction of sp³-hybridized carbons (Fsp3) is 0.300. The molecule has 1 aromatic carbocycles. The number of benzene rings is 1. The van der Waals surface area contributed by atoms with Crippen molar-refractivity contribution in [2.75, 3.05) is 18.2 Å². The van der Waals surface area contributed by atoms with E-state index in [-0.39, 0.29) is 23.0 Å². The maximum absolute atomic E-state index is 13.9. The molecule has 0 aliphatic heterocycles. The summed E-state index contributed by atoms with van der Waals surface area (Å²) in [5, 5.41) is 13.5. The molecular weight excluding hydrogens is 462 g/mol. The Morgan fingerprint density at radius 3 is 2.75 bits per heavy atom. The van der Waals surface area contributed by atoms with E-state index < -0.39 is 23.7 Å². The van der Waals surface area contributed by atoms with Crippen molar-refractivity contribution in [1.82, 2.24) is 14.8 Å². The Kier molecular flexibility index (Phi) is 7.80. The van der Waals surface area contributed by atoms with E-state index in [1.54, 1.807) is 22.9 Å². The van der Waals surface area contributed by atoms with Gasteiger partial charge in [0.2, 0.25) is 5.91 Å². The first-order chi connectivity index (χ1) is 15.3. The van der Waals surface area contributed by atoms with Gasteiger partial charge in [0.15, 0.2) is 28.7 Å². The standard InChI is InChI=1S/C20H20F2N4O4S2/c1-4-26-17(11(2)30-15-6-5-12(21)9-14(15)22)24-25-20(26)32-10-16(27)23-18-13(7-8-31-18)19(28)29-3/h5-9,11H,4,10H2,1-3H3,(H,23,27). The number of anilines is 1. The Balaban J connectivity index is 1.65. The number of nitrogens with zero attached hydrogens (tertiary/aromatic N) is 3. The van der Waals surface area contributed by atoms with Crippen molar-refractivity contribution in [3.8, 4) is 5.75 Å². The van der Waals surface area contributed by atoms with Gasteiger partial charge in [-0.15, -0.1) is 21.5 Å². The molecule has 0 saturated heterocycles. The highest BCUT2D eigenvalue weighted by Gasteiger charge is 2.21. The first-order valence-corrected chi connectivity index (χ1v) is 11.3. The second kappa shape index (κ2) is 10.6. The third-order valence-corrected chi connectivity index (χ3v) is 6.08. The summed E-state index contributed by atoms with van der Waals surface area (Å²) < 4.78 is 39.0. The van der Waals surface area contributed by atoms with E-state index in [9.17, 15) is 18.4 Å². The van der Waals surface area contributed by atoms with Crippen LogP contribution in [0.25, 0.3) is 0 Å². The van der Waals surface area contributed by atoms with Crippen LogP contribution in [0.1, 0.15) is 36.1 Å². The molecule has 3 aromatic rings. The smallest absolute Gasteiger partial charge is 0.340 e. The predicted molar refractivity (Wildman–Crippen MR) is 116 cm³/mol. The summed E-state index contributed by atoms with van der Waals surface area (Å²) >= 11 is 2.37. The fourth-order valence-electron chi connectivity index (χ4n) is 2.79. The summed E-state index contributed by atoms with van der Waals surface area (Å²) in [4.78, 5) is 24.1. The minimum atomic E-state index is -0.814. The molecule has 0 fully saturated rings. The van der Waals surface area contributed by atoms with E-state index >= 15 is 0 Å². The quantitative estimate of drug-likeness (QED) is 0.359. The van der Waals surface area contributed by atoms with Gasteiger partial charge in [-0.1, -0.05) is 11.8 Å². The molecule has 1 N–H and O–H groups in total. The summed E-state index contributed by atoms with van der Waals surface area (Å²) in [6, 6.07) is 4.63. The highest BCUT2D eigenvalue weighted by molar-refractivity contribution is 7.99. The van der Waals surface area contributed by atoms with Crippen LogP contribution in [0, 0.1) is 11.6 Å². The Hall–Kier alpha value is -2.99. The zero-order valence-electron chi connectivity index (χ0n) is 17.4. The van der Waals surface area contributed by atoms with Crippen LogP contribution in [0.2, 0.25) is 0 Å². The van der Waals surface area contributed by atoms with Crippen molar-refractivity contribution >= 4 is 40.0 Å². The molecule has 2 aromatic heterocycles. The maximum atomic E-state index is 13.9. The number of nitrogens with one attached hydrogen (secondary N) is 1. The number of rotatable bonds is 9. The van der Waals surface area contributed by atoms with Gasteiger partial charge in [-0.3, -0.25) is 4.79 Å². The van der Waals surface area contributed by atoms with Crippen LogP contribution in [-0.2, 0) is 16.1 Å². The number of hydrogen-bond donors (Lipinski definition) is 1. The lowest BCUT2D eigenvalue weighted by Gasteiger charge is -2.16. The number of ether oxygens (including phenoxy) is 2. The van der Waals surface area contributed by atoms with Crippen LogP contribution in [0.3, 0.4) is 0 Å². The first kappa shape index (κ1) is 23.7. The lowest BCUT2D eigenvalue weighted by Crippen LogP contribution is -2.16. The highest BCUT2D eigenvalue weighted by Crippen LogP contribution is 2.28. The number of carbonyl (C=O) groups is 2. The van der Waals surface area contributed by atoms with Gasteiger partial charge in [-0.2, -0.15) is 0 Å². The Labute approximate surface area is 190 Å². The molecule has 1 atom stereocenters. The van der Waals surface area contributed by atoms with E-state index in [1.807, 2.05) is 6.92 Å². The van der Waals surface area contributed by atoms with E-state index in [2.05, 4.69) is 15.5 Å². The second-order valence-corrected chi connectivity index (χ2v) is 8.27. The highest BCUT2D eigenvalue weighted by atomic mass is 32.2. The van der Waals surface area contributed by atoms with Crippen molar-refractivity contribution in [2.24, 2.45) is 0 Å². The van der Waals surface area contributed by atoms with Crippen molar-refractivity contribution in [3.05, 3.63) is 52.7 Å². The topological polar surface area (TPSA) is 95.3 Å². The number of halogens is 2. The van der Waals surface area contributed by atoms with E-state index in [0.717, 1.165) is 23.9 Å². The largest absolute Gasteiger partial charge is 0.480 e. The van der Waals surface area contributed by atoms with Gasteiger partial charge >= 0.3 is 5.97 Å². The molecular formula is C20H20F2N4O4S2. The normalized spacial score (nSPS) is 11.8.